The number of nitrogens with zero attached hydrogens (tertiary/aromatic N) is 4. The second-order valence-electron chi connectivity index (χ2n) is 6.23. The number of anilines is 1. The van der Waals surface area contributed by atoms with Crippen molar-refractivity contribution in [1.29, 1.82) is 0 Å². The number of fused-ring (bicyclic) bond motifs is 1. The van der Waals surface area contributed by atoms with E-state index < -0.39 is 12.6 Å². The molecule has 1 aromatic heterocycles. The molecule has 2 aromatic rings. The quantitative estimate of drug-likeness (QED) is 0.539. The highest BCUT2D eigenvalue weighted by molar-refractivity contribution is 8.14. The third-order valence-electron chi connectivity index (χ3n) is 4.06. The van der Waals surface area contributed by atoms with Gasteiger partial charge in [0.05, 0.1) is 12.9 Å². The molecule has 27 heavy (non-hydrogen) atoms. The van der Waals surface area contributed by atoms with Crippen molar-refractivity contribution >= 4 is 40.0 Å². The minimum absolute atomic E-state index is 0.0583. The molecule has 0 amide bonds. The Morgan fingerprint density at radius 3 is 2.63 bits per heavy atom. The molecule has 146 valence electrons. The maximum Gasteiger partial charge on any atom is 0.389 e. The molecule has 9 heteroatoms. The molecule has 1 aliphatic heterocycles. The molecule has 1 aromatic carbocycles. The van der Waals surface area contributed by atoms with Gasteiger partial charge < -0.3 is 9.47 Å². The Hall–Kier alpha value is -1.67. The first kappa shape index (κ1) is 20.1. The molecule has 0 fully saturated rings. The summed E-state index contributed by atoms with van der Waals surface area (Å²) >= 11 is 7.32. The van der Waals surface area contributed by atoms with Crippen molar-refractivity contribution in [2.75, 3.05) is 10.7 Å². The molecule has 3 rings (SSSR count). The van der Waals surface area contributed by atoms with Crippen LogP contribution in [-0.2, 0) is 13.1 Å². The van der Waals surface area contributed by atoms with Crippen molar-refractivity contribution in [2.24, 2.45) is 4.99 Å². The lowest BCUT2D eigenvalue weighted by molar-refractivity contribution is -0.134. The largest absolute Gasteiger partial charge is 0.389 e. The molecule has 0 saturated carbocycles. The predicted octanol–water partition coefficient (Wildman–Crippen LogP) is 6.03. The fourth-order valence-electron chi connectivity index (χ4n) is 2.80. The van der Waals surface area contributed by atoms with Crippen molar-refractivity contribution in [3.63, 3.8) is 0 Å². The number of aromatic nitrogens is 2. The lowest BCUT2D eigenvalue weighted by atomic mass is 10.2. The normalized spacial score (nSPS) is 14.3. The average molecular weight is 417 g/mol. The SMILES string of the molecule is CCCn1cnc2c1N=C(SCCCC(F)(F)F)N(c1ccc(Cl)cc1)C2. The van der Waals surface area contributed by atoms with Gasteiger partial charge in [-0.2, -0.15) is 13.2 Å². The van der Waals surface area contributed by atoms with Gasteiger partial charge in [-0.1, -0.05) is 30.3 Å². The van der Waals surface area contributed by atoms with E-state index in [9.17, 15) is 13.2 Å². The highest BCUT2D eigenvalue weighted by atomic mass is 35.5. The molecule has 2 heterocycles. The molecule has 1 aliphatic rings. The lowest BCUT2D eigenvalue weighted by Crippen LogP contribution is -2.31. The third-order valence-corrected chi connectivity index (χ3v) is 5.38. The monoisotopic (exact) mass is 416 g/mol. The van der Waals surface area contributed by atoms with Gasteiger partial charge >= 0.3 is 6.18 Å². The third kappa shape index (κ3) is 5.19. The van der Waals surface area contributed by atoms with Gasteiger partial charge in [-0.15, -0.1) is 0 Å². The van der Waals surface area contributed by atoms with E-state index in [0.29, 0.717) is 22.5 Å². The van der Waals surface area contributed by atoms with E-state index in [1.165, 1.54) is 11.8 Å². The molecule has 4 nitrogen and oxygen atoms in total. The summed E-state index contributed by atoms with van der Waals surface area (Å²) in [6.07, 6.45) is -2.13. The molecule has 0 spiro atoms. The maximum atomic E-state index is 12.4. The molecule has 0 bridgehead atoms. The summed E-state index contributed by atoms with van der Waals surface area (Å²) in [4.78, 5) is 11.2. The number of hydrogen-bond donors (Lipinski definition) is 0. The van der Waals surface area contributed by atoms with Crippen LogP contribution >= 0.6 is 23.4 Å². The zero-order valence-corrected chi connectivity index (χ0v) is 16.4. The fourth-order valence-corrected chi connectivity index (χ4v) is 3.87. The summed E-state index contributed by atoms with van der Waals surface area (Å²) in [6, 6.07) is 7.33. The van der Waals surface area contributed by atoms with Crippen LogP contribution in [0.1, 0.15) is 31.9 Å². The topological polar surface area (TPSA) is 33.4 Å². The number of aryl methyl sites for hydroxylation is 1. The molecular weight excluding hydrogens is 397 g/mol. The van der Waals surface area contributed by atoms with E-state index in [1.807, 2.05) is 21.6 Å². The summed E-state index contributed by atoms with van der Waals surface area (Å²) in [5, 5.41) is 1.31. The van der Waals surface area contributed by atoms with Crippen molar-refractivity contribution < 1.29 is 13.2 Å². The van der Waals surface area contributed by atoms with E-state index in [0.717, 1.165) is 30.2 Å². The summed E-state index contributed by atoms with van der Waals surface area (Å²) in [5.41, 5.74) is 1.75. The van der Waals surface area contributed by atoms with E-state index in [4.69, 9.17) is 16.6 Å². The van der Waals surface area contributed by atoms with Gasteiger partial charge in [0.1, 0.15) is 5.69 Å². The number of imidazole rings is 1. The van der Waals surface area contributed by atoms with Crippen LogP contribution in [0.4, 0.5) is 24.7 Å². The van der Waals surface area contributed by atoms with Crippen molar-refractivity contribution in [2.45, 2.75) is 45.5 Å². The van der Waals surface area contributed by atoms with Gasteiger partial charge in [-0.05, 0) is 37.1 Å². The number of hydrogen-bond acceptors (Lipinski definition) is 4. The summed E-state index contributed by atoms with van der Waals surface area (Å²) < 4.78 is 39.3. The van der Waals surface area contributed by atoms with Gasteiger partial charge in [0.15, 0.2) is 11.0 Å². The van der Waals surface area contributed by atoms with E-state index in [1.54, 1.807) is 18.5 Å². The number of benzene rings is 1. The van der Waals surface area contributed by atoms with Crippen LogP contribution in [0.5, 0.6) is 0 Å². The highest BCUT2D eigenvalue weighted by Gasteiger charge is 2.28. The van der Waals surface area contributed by atoms with Crippen LogP contribution in [0, 0.1) is 0 Å². The number of amidine groups is 1. The van der Waals surface area contributed by atoms with E-state index >= 15 is 0 Å². The number of thioether (sulfide) groups is 1. The standard InChI is InChI=1S/C18H20ClF3N4S/c1-2-9-25-12-23-15-11-26(14-6-4-13(19)5-7-14)17(24-16(15)25)27-10-3-8-18(20,21)22/h4-7,12H,2-3,8-11H2,1H3. The van der Waals surface area contributed by atoms with Crippen molar-refractivity contribution in [3.05, 3.63) is 41.3 Å². The Morgan fingerprint density at radius 2 is 1.96 bits per heavy atom. The molecule has 0 unspecified atom stereocenters. The zero-order chi connectivity index (χ0) is 19.4. The van der Waals surface area contributed by atoms with Crippen molar-refractivity contribution in [1.82, 2.24) is 9.55 Å². The lowest BCUT2D eigenvalue weighted by Gasteiger charge is -2.28. The Bertz CT molecular complexity index is 802. The second kappa shape index (κ2) is 8.56. The molecule has 0 atom stereocenters. The Labute approximate surface area is 165 Å². The van der Waals surface area contributed by atoms with E-state index in [-0.39, 0.29) is 6.42 Å². The predicted molar refractivity (Wildman–Crippen MR) is 105 cm³/mol. The Kier molecular flexibility index (Phi) is 6.37. The number of rotatable bonds is 6. The Morgan fingerprint density at radius 1 is 1.22 bits per heavy atom. The summed E-state index contributed by atoms with van der Waals surface area (Å²) in [6.45, 7) is 3.41. The van der Waals surface area contributed by atoms with Gasteiger partial charge in [-0.25, -0.2) is 9.98 Å². The van der Waals surface area contributed by atoms with Crippen LogP contribution in [0.3, 0.4) is 0 Å². The van der Waals surface area contributed by atoms with Crippen LogP contribution in [-0.4, -0.2) is 26.6 Å². The van der Waals surface area contributed by atoms with Crippen LogP contribution in [0.25, 0.3) is 0 Å². The molecule has 0 radical (unpaired) electrons. The number of alkyl halides is 3. The Balaban J connectivity index is 1.82. The zero-order valence-electron chi connectivity index (χ0n) is 14.8. The van der Waals surface area contributed by atoms with E-state index in [2.05, 4.69) is 11.9 Å². The average Bonchev–Trinajstić information content (AvgIpc) is 3.00. The van der Waals surface area contributed by atoms with Crippen molar-refractivity contribution in [3.8, 4) is 0 Å². The smallest absolute Gasteiger partial charge is 0.315 e. The van der Waals surface area contributed by atoms with Crippen LogP contribution < -0.4 is 4.90 Å². The number of aliphatic imine (C=N–C) groups is 1. The molecular formula is C18H20ClF3N4S. The number of halogens is 4. The van der Waals surface area contributed by atoms with Crippen LogP contribution in [0.15, 0.2) is 35.6 Å². The summed E-state index contributed by atoms with van der Waals surface area (Å²) in [7, 11) is 0. The highest BCUT2D eigenvalue weighted by Crippen LogP contribution is 2.33. The minimum Gasteiger partial charge on any atom is -0.315 e. The second-order valence-corrected chi connectivity index (χ2v) is 7.73. The summed E-state index contributed by atoms with van der Waals surface area (Å²) in [5.74, 6) is 1.14. The van der Waals surface area contributed by atoms with Gasteiger partial charge in [-0.3, -0.25) is 0 Å². The van der Waals surface area contributed by atoms with Gasteiger partial charge in [0.2, 0.25) is 0 Å². The molecule has 0 saturated heterocycles. The minimum atomic E-state index is -4.13. The fraction of sp³-hybridized carbons (Fsp3) is 0.444. The first-order valence-corrected chi connectivity index (χ1v) is 10.1. The van der Waals surface area contributed by atoms with Crippen LogP contribution in [0.2, 0.25) is 5.02 Å². The molecule has 0 aliphatic carbocycles. The van der Waals surface area contributed by atoms with Gasteiger partial charge in [0, 0.05) is 29.4 Å². The molecule has 0 N–H and O–H groups in total. The maximum absolute atomic E-state index is 12.4. The van der Waals surface area contributed by atoms with Gasteiger partial charge in [0.25, 0.3) is 0 Å². The first-order valence-electron chi connectivity index (χ1n) is 8.72. The first-order chi connectivity index (χ1) is 12.9.